The van der Waals surface area contributed by atoms with E-state index < -0.39 is 0 Å². The molecule has 5 rings (SSSR count). The Morgan fingerprint density at radius 2 is 2.03 bits per heavy atom. The lowest BCUT2D eigenvalue weighted by Gasteiger charge is -2.30. The van der Waals surface area contributed by atoms with E-state index in [1.807, 2.05) is 11.0 Å². The largest absolute Gasteiger partial charge is 0.340 e. The first-order valence-electron chi connectivity index (χ1n) is 11.3. The third-order valence-corrected chi connectivity index (χ3v) is 7.49. The first kappa shape index (κ1) is 20.4. The number of benzene rings is 1. The van der Waals surface area contributed by atoms with Gasteiger partial charge < -0.3 is 15.1 Å². The summed E-state index contributed by atoms with van der Waals surface area (Å²) in [4.78, 5) is 28.7. The molecule has 0 saturated carbocycles. The fraction of sp³-hybridized carbons (Fsp3) is 0.458. The molecule has 3 aromatic rings. The van der Waals surface area contributed by atoms with E-state index in [1.165, 1.54) is 35.3 Å². The third kappa shape index (κ3) is 4.43. The number of aromatic nitrogens is 2. The van der Waals surface area contributed by atoms with Crippen molar-refractivity contribution in [2.24, 2.45) is 0 Å². The second-order valence-electron chi connectivity index (χ2n) is 8.62. The van der Waals surface area contributed by atoms with Gasteiger partial charge in [0.25, 0.3) is 0 Å². The number of nitrogens with zero attached hydrogens (tertiary/aromatic N) is 4. The standard InChI is InChI=1S/C24H29N5OS/c1-17-6-5-7-18(14-17)27-23-22-19-8-13-29(15-20(19)31-24(22)26-16-25-23)21(30)9-12-28-10-3-2-4-11-28/h5-7,14,16H,2-4,8-13,15H2,1H3,(H,25,26,27). The molecule has 1 aromatic carbocycles. The molecule has 2 aromatic heterocycles. The quantitative estimate of drug-likeness (QED) is 0.639. The van der Waals surface area contributed by atoms with Gasteiger partial charge in [0, 0.05) is 30.1 Å². The number of hydrogen-bond donors (Lipinski definition) is 1. The first-order chi connectivity index (χ1) is 15.2. The number of piperidine rings is 1. The van der Waals surface area contributed by atoms with Gasteiger partial charge in [0.15, 0.2) is 0 Å². The summed E-state index contributed by atoms with van der Waals surface area (Å²) in [5.74, 6) is 1.14. The lowest BCUT2D eigenvalue weighted by Crippen LogP contribution is -2.38. The summed E-state index contributed by atoms with van der Waals surface area (Å²) in [6.45, 7) is 6.73. The van der Waals surface area contributed by atoms with Crippen molar-refractivity contribution < 1.29 is 4.79 Å². The Balaban J connectivity index is 1.32. The maximum atomic E-state index is 12.9. The Kier molecular flexibility index (Phi) is 5.87. The number of carbonyl (C=O) groups is 1. The molecule has 4 heterocycles. The van der Waals surface area contributed by atoms with Gasteiger partial charge in [0.05, 0.1) is 11.9 Å². The van der Waals surface area contributed by atoms with E-state index in [9.17, 15) is 4.79 Å². The third-order valence-electron chi connectivity index (χ3n) is 6.36. The SMILES string of the molecule is Cc1cccc(Nc2ncnc3sc4c(c23)CCN(C(=O)CCN2CCCCC2)C4)c1. The molecule has 0 unspecified atom stereocenters. The highest BCUT2D eigenvalue weighted by Gasteiger charge is 2.26. The molecule has 0 atom stereocenters. The average Bonchev–Trinajstić information content (AvgIpc) is 3.17. The number of carbonyl (C=O) groups excluding carboxylic acids is 1. The van der Waals surface area contributed by atoms with Gasteiger partial charge in [-0.3, -0.25) is 4.79 Å². The van der Waals surface area contributed by atoms with Crippen LogP contribution in [0.15, 0.2) is 30.6 Å². The second kappa shape index (κ2) is 8.93. The number of rotatable bonds is 5. The van der Waals surface area contributed by atoms with Crippen molar-refractivity contribution in [3.05, 3.63) is 46.6 Å². The normalized spacial score (nSPS) is 17.0. The van der Waals surface area contributed by atoms with Crippen molar-refractivity contribution in [3.8, 4) is 0 Å². The minimum Gasteiger partial charge on any atom is -0.340 e. The van der Waals surface area contributed by atoms with Gasteiger partial charge in [0.1, 0.15) is 17.0 Å². The van der Waals surface area contributed by atoms with E-state index in [4.69, 9.17) is 0 Å². The lowest BCUT2D eigenvalue weighted by atomic mass is 10.0. The molecule has 1 amide bonds. The van der Waals surface area contributed by atoms with Crippen molar-refractivity contribution in [2.75, 3.05) is 31.5 Å². The van der Waals surface area contributed by atoms with Crippen LogP contribution in [0.1, 0.15) is 41.7 Å². The summed E-state index contributed by atoms with van der Waals surface area (Å²) in [6, 6.07) is 8.31. The molecule has 7 heteroatoms. The number of anilines is 2. The minimum absolute atomic E-state index is 0.276. The summed E-state index contributed by atoms with van der Waals surface area (Å²) < 4.78 is 0. The maximum Gasteiger partial charge on any atom is 0.224 e. The van der Waals surface area contributed by atoms with Gasteiger partial charge in [0.2, 0.25) is 5.91 Å². The summed E-state index contributed by atoms with van der Waals surface area (Å²) in [5.41, 5.74) is 3.54. The molecule has 2 aliphatic heterocycles. The fourth-order valence-electron chi connectivity index (χ4n) is 4.69. The molecule has 2 aliphatic rings. The van der Waals surface area contributed by atoms with Gasteiger partial charge in [-0.25, -0.2) is 9.97 Å². The Bertz CT molecular complexity index is 1090. The molecular formula is C24H29N5OS. The van der Waals surface area contributed by atoms with Crippen LogP contribution in [0.2, 0.25) is 0 Å². The molecule has 1 fully saturated rings. The molecule has 1 saturated heterocycles. The van der Waals surface area contributed by atoms with Crippen LogP contribution >= 0.6 is 11.3 Å². The lowest BCUT2D eigenvalue weighted by molar-refractivity contribution is -0.132. The molecule has 6 nitrogen and oxygen atoms in total. The highest BCUT2D eigenvalue weighted by molar-refractivity contribution is 7.19. The summed E-state index contributed by atoms with van der Waals surface area (Å²) in [6.07, 6.45) is 6.98. The van der Waals surface area contributed by atoms with Crippen LogP contribution in [0.4, 0.5) is 11.5 Å². The number of thiophene rings is 1. The van der Waals surface area contributed by atoms with E-state index in [1.54, 1.807) is 17.7 Å². The van der Waals surface area contributed by atoms with Crippen LogP contribution in [-0.2, 0) is 17.8 Å². The fourth-order valence-corrected chi connectivity index (χ4v) is 5.89. The minimum atomic E-state index is 0.276. The number of nitrogens with one attached hydrogen (secondary N) is 1. The molecule has 0 radical (unpaired) electrons. The monoisotopic (exact) mass is 435 g/mol. The van der Waals surface area contributed by atoms with Gasteiger partial charge in [-0.15, -0.1) is 11.3 Å². The second-order valence-corrected chi connectivity index (χ2v) is 9.70. The predicted octanol–water partition coefficient (Wildman–Crippen LogP) is 4.50. The molecular weight excluding hydrogens is 406 g/mol. The molecule has 0 aliphatic carbocycles. The van der Waals surface area contributed by atoms with E-state index in [2.05, 4.69) is 45.3 Å². The Labute approximate surface area is 187 Å². The Morgan fingerprint density at radius 1 is 1.16 bits per heavy atom. The van der Waals surface area contributed by atoms with E-state index >= 15 is 0 Å². The molecule has 162 valence electrons. The number of amides is 1. The maximum absolute atomic E-state index is 12.9. The summed E-state index contributed by atoms with van der Waals surface area (Å²) >= 11 is 1.70. The molecule has 31 heavy (non-hydrogen) atoms. The topological polar surface area (TPSA) is 61.4 Å². The van der Waals surface area contributed by atoms with Gasteiger partial charge >= 0.3 is 0 Å². The Hall–Kier alpha value is -2.51. The number of fused-ring (bicyclic) bond motifs is 3. The van der Waals surface area contributed by atoms with Gasteiger partial charge in [-0.2, -0.15) is 0 Å². The smallest absolute Gasteiger partial charge is 0.224 e. The molecule has 0 bridgehead atoms. The van der Waals surface area contributed by atoms with Crippen molar-refractivity contribution in [1.82, 2.24) is 19.8 Å². The van der Waals surface area contributed by atoms with Crippen LogP contribution < -0.4 is 5.32 Å². The van der Waals surface area contributed by atoms with Gasteiger partial charge in [-0.1, -0.05) is 18.6 Å². The van der Waals surface area contributed by atoms with Crippen LogP contribution in [0.5, 0.6) is 0 Å². The van der Waals surface area contributed by atoms with Crippen molar-refractivity contribution >= 4 is 39.0 Å². The Morgan fingerprint density at radius 3 is 2.87 bits per heavy atom. The molecule has 1 N–H and O–H groups in total. The highest BCUT2D eigenvalue weighted by atomic mass is 32.1. The molecule has 0 spiro atoms. The summed E-state index contributed by atoms with van der Waals surface area (Å²) in [5, 5.41) is 4.60. The van der Waals surface area contributed by atoms with Crippen LogP contribution in [0.3, 0.4) is 0 Å². The van der Waals surface area contributed by atoms with Crippen molar-refractivity contribution in [2.45, 2.75) is 45.6 Å². The van der Waals surface area contributed by atoms with Crippen molar-refractivity contribution in [3.63, 3.8) is 0 Å². The average molecular weight is 436 g/mol. The zero-order chi connectivity index (χ0) is 21.2. The van der Waals surface area contributed by atoms with Crippen LogP contribution in [-0.4, -0.2) is 51.9 Å². The number of likely N-dealkylation sites (tertiary alicyclic amines) is 1. The van der Waals surface area contributed by atoms with E-state index in [-0.39, 0.29) is 5.91 Å². The zero-order valence-corrected chi connectivity index (χ0v) is 18.9. The van der Waals surface area contributed by atoms with E-state index in [0.29, 0.717) is 13.0 Å². The van der Waals surface area contributed by atoms with Gasteiger partial charge in [-0.05, 0) is 62.5 Å². The van der Waals surface area contributed by atoms with E-state index in [0.717, 1.165) is 54.3 Å². The van der Waals surface area contributed by atoms with Crippen molar-refractivity contribution in [1.29, 1.82) is 0 Å². The van der Waals surface area contributed by atoms with Crippen LogP contribution in [0, 0.1) is 6.92 Å². The van der Waals surface area contributed by atoms with Crippen LogP contribution in [0.25, 0.3) is 10.2 Å². The highest BCUT2D eigenvalue weighted by Crippen LogP contribution is 2.38. The first-order valence-corrected chi connectivity index (χ1v) is 12.1. The zero-order valence-electron chi connectivity index (χ0n) is 18.1. The predicted molar refractivity (Wildman–Crippen MR) is 126 cm³/mol. The number of hydrogen-bond acceptors (Lipinski definition) is 6. The number of aryl methyl sites for hydroxylation is 1. The summed E-state index contributed by atoms with van der Waals surface area (Å²) in [7, 11) is 0.